The van der Waals surface area contributed by atoms with Crippen LogP contribution in [0.5, 0.6) is 0 Å². The Kier molecular flexibility index (Phi) is 6.53. The van der Waals surface area contributed by atoms with Crippen molar-refractivity contribution in [1.29, 1.82) is 0 Å². The van der Waals surface area contributed by atoms with E-state index in [0.29, 0.717) is 18.8 Å². The molecule has 2 aliphatic rings. The largest absolute Gasteiger partial charge is 0.384 e. The Balaban J connectivity index is 1.28. The number of carbonyl (C=O) groups excluding carboxylic acids is 1. The number of morpholine rings is 1. The molecule has 0 radical (unpaired) electrons. The van der Waals surface area contributed by atoms with Gasteiger partial charge in [0.2, 0.25) is 0 Å². The molecule has 4 heterocycles. The second-order valence-electron chi connectivity index (χ2n) is 7.28. The van der Waals surface area contributed by atoms with Gasteiger partial charge in [-0.25, -0.2) is 4.98 Å². The summed E-state index contributed by atoms with van der Waals surface area (Å²) in [6.45, 7) is 8.27. The molecule has 8 nitrogen and oxygen atoms in total. The van der Waals surface area contributed by atoms with Crippen LogP contribution in [0.15, 0.2) is 42.7 Å². The quantitative estimate of drug-likeness (QED) is 0.786. The van der Waals surface area contributed by atoms with Crippen LogP contribution in [0.2, 0.25) is 0 Å². The molecule has 0 bridgehead atoms. The highest BCUT2D eigenvalue weighted by atomic mass is 16.5. The molecule has 1 amide bonds. The average molecular weight is 396 g/mol. The zero-order valence-corrected chi connectivity index (χ0v) is 16.7. The number of hydrogen-bond acceptors (Lipinski definition) is 7. The fraction of sp³-hybridized carbons (Fsp3) is 0.476. The zero-order chi connectivity index (χ0) is 19.9. The summed E-state index contributed by atoms with van der Waals surface area (Å²) in [6, 6.07) is 9.67. The Morgan fingerprint density at radius 2 is 1.83 bits per heavy atom. The molecule has 0 unspecified atom stereocenters. The Bertz CT molecular complexity index is 789. The Morgan fingerprint density at radius 3 is 2.59 bits per heavy atom. The lowest BCUT2D eigenvalue weighted by Gasteiger charge is -2.35. The molecule has 2 aliphatic heterocycles. The normalized spacial score (nSPS) is 17.9. The van der Waals surface area contributed by atoms with Gasteiger partial charge in [-0.1, -0.05) is 6.07 Å². The van der Waals surface area contributed by atoms with Crippen LogP contribution in [0.4, 0.5) is 11.5 Å². The number of piperazine rings is 1. The minimum atomic E-state index is -0.0116. The molecule has 2 aromatic heterocycles. The van der Waals surface area contributed by atoms with Crippen molar-refractivity contribution >= 4 is 17.4 Å². The Morgan fingerprint density at radius 1 is 1.00 bits per heavy atom. The summed E-state index contributed by atoms with van der Waals surface area (Å²) in [4.78, 5) is 28.1. The van der Waals surface area contributed by atoms with Crippen LogP contribution in [0.3, 0.4) is 0 Å². The third-order valence-corrected chi connectivity index (χ3v) is 5.38. The minimum absolute atomic E-state index is 0.0116. The van der Waals surface area contributed by atoms with Crippen LogP contribution in [0, 0.1) is 0 Å². The number of hydrogen-bond donors (Lipinski definition) is 1. The highest BCUT2D eigenvalue weighted by molar-refractivity contribution is 5.93. The van der Waals surface area contributed by atoms with Gasteiger partial charge in [0.25, 0.3) is 5.91 Å². The molecule has 2 aromatic rings. The van der Waals surface area contributed by atoms with Crippen molar-refractivity contribution in [3.05, 3.63) is 48.4 Å². The van der Waals surface area contributed by atoms with Gasteiger partial charge in [-0.05, 0) is 24.3 Å². The van der Waals surface area contributed by atoms with E-state index in [1.807, 2.05) is 35.2 Å². The third-order valence-electron chi connectivity index (χ3n) is 5.38. The smallest absolute Gasteiger partial charge is 0.272 e. The molecule has 0 saturated carbocycles. The van der Waals surface area contributed by atoms with Crippen molar-refractivity contribution in [3.8, 4) is 0 Å². The van der Waals surface area contributed by atoms with Crippen molar-refractivity contribution in [2.45, 2.75) is 0 Å². The first-order valence-corrected chi connectivity index (χ1v) is 10.2. The van der Waals surface area contributed by atoms with Crippen LogP contribution in [0.1, 0.15) is 10.5 Å². The van der Waals surface area contributed by atoms with E-state index in [-0.39, 0.29) is 5.91 Å². The molecule has 154 valence electrons. The number of pyridine rings is 2. The molecule has 0 spiro atoms. The van der Waals surface area contributed by atoms with Crippen LogP contribution >= 0.6 is 0 Å². The summed E-state index contributed by atoms with van der Waals surface area (Å²) in [6.07, 6.45) is 3.50. The lowest BCUT2D eigenvalue weighted by Crippen LogP contribution is -2.49. The first kappa shape index (κ1) is 19.6. The minimum Gasteiger partial charge on any atom is -0.384 e. The van der Waals surface area contributed by atoms with E-state index in [2.05, 4.69) is 25.1 Å². The number of anilines is 2. The van der Waals surface area contributed by atoms with E-state index < -0.39 is 0 Å². The molecule has 0 atom stereocenters. The lowest BCUT2D eigenvalue weighted by atomic mass is 10.2. The van der Waals surface area contributed by atoms with E-state index in [1.54, 1.807) is 12.4 Å². The van der Waals surface area contributed by atoms with Crippen molar-refractivity contribution < 1.29 is 9.53 Å². The number of amides is 1. The third kappa shape index (κ3) is 5.21. The van der Waals surface area contributed by atoms with Gasteiger partial charge in [-0.2, -0.15) is 0 Å². The monoisotopic (exact) mass is 396 g/mol. The lowest BCUT2D eigenvalue weighted by molar-refractivity contribution is 0.0398. The standard InChI is InChI=1S/C21H28N6O2/c28-21(27-11-9-26(10-12-27)20-3-1-2-5-24-20)19-17-18(4-6-23-19)22-7-8-25-13-15-29-16-14-25/h1-6,17H,7-16H2,(H,22,23). The van der Waals surface area contributed by atoms with Crippen molar-refractivity contribution in [3.63, 3.8) is 0 Å². The van der Waals surface area contributed by atoms with Crippen molar-refractivity contribution in [2.75, 3.05) is 75.8 Å². The summed E-state index contributed by atoms with van der Waals surface area (Å²) in [5.74, 6) is 0.951. The maximum absolute atomic E-state index is 12.9. The van der Waals surface area contributed by atoms with Gasteiger partial charge in [-0.3, -0.25) is 14.7 Å². The molecular formula is C21H28N6O2. The first-order chi connectivity index (χ1) is 14.3. The molecule has 2 saturated heterocycles. The van der Waals surface area contributed by atoms with Crippen molar-refractivity contribution in [2.24, 2.45) is 0 Å². The summed E-state index contributed by atoms with van der Waals surface area (Å²) in [5.41, 5.74) is 1.43. The van der Waals surface area contributed by atoms with Crippen LogP contribution in [-0.4, -0.2) is 91.2 Å². The zero-order valence-electron chi connectivity index (χ0n) is 16.7. The van der Waals surface area contributed by atoms with E-state index in [0.717, 1.165) is 64.0 Å². The van der Waals surface area contributed by atoms with Gasteiger partial charge in [-0.15, -0.1) is 0 Å². The summed E-state index contributed by atoms with van der Waals surface area (Å²) in [5, 5.41) is 3.41. The topological polar surface area (TPSA) is 73.8 Å². The predicted molar refractivity (Wildman–Crippen MR) is 112 cm³/mol. The molecule has 29 heavy (non-hydrogen) atoms. The molecule has 0 aromatic carbocycles. The van der Waals surface area contributed by atoms with E-state index in [1.165, 1.54) is 0 Å². The Hall–Kier alpha value is -2.71. The molecule has 8 heteroatoms. The molecule has 4 rings (SSSR count). The molecule has 2 fully saturated rings. The maximum atomic E-state index is 12.9. The SMILES string of the molecule is O=C(c1cc(NCCN2CCOCC2)ccn1)N1CCN(c2ccccn2)CC1. The predicted octanol–water partition coefficient (Wildman–Crippen LogP) is 1.18. The second kappa shape index (κ2) is 9.67. The fourth-order valence-electron chi connectivity index (χ4n) is 3.68. The first-order valence-electron chi connectivity index (χ1n) is 10.2. The number of nitrogens with zero attached hydrogens (tertiary/aromatic N) is 5. The van der Waals surface area contributed by atoms with Gasteiger partial charge in [0.1, 0.15) is 11.5 Å². The summed E-state index contributed by atoms with van der Waals surface area (Å²) >= 11 is 0. The van der Waals surface area contributed by atoms with E-state index in [4.69, 9.17) is 4.74 Å². The highest BCUT2D eigenvalue weighted by Crippen LogP contribution is 2.15. The summed E-state index contributed by atoms with van der Waals surface area (Å²) in [7, 11) is 0. The maximum Gasteiger partial charge on any atom is 0.272 e. The number of aromatic nitrogens is 2. The van der Waals surface area contributed by atoms with Gasteiger partial charge < -0.3 is 19.9 Å². The van der Waals surface area contributed by atoms with Crippen LogP contribution in [0.25, 0.3) is 0 Å². The molecular weight excluding hydrogens is 368 g/mol. The van der Waals surface area contributed by atoms with Gasteiger partial charge in [0.15, 0.2) is 0 Å². The number of carbonyl (C=O) groups is 1. The van der Waals surface area contributed by atoms with Crippen molar-refractivity contribution in [1.82, 2.24) is 19.8 Å². The van der Waals surface area contributed by atoms with Gasteiger partial charge in [0, 0.05) is 70.4 Å². The van der Waals surface area contributed by atoms with E-state index in [9.17, 15) is 4.79 Å². The molecule has 0 aliphatic carbocycles. The van der Waals surface area contributed by atoms with Crippen LogP contribution < -0.4 is 10.2 Å². The second-order valence-corrected chi connectivity index (χ2v) is 7.28. The average Bonchev–Trinajstić information content (AvgIpc) is 2.80. The van der Waals surface area contributed by atoms with Gasteiger partial charge >= 0.3 is 0 Å². The van der Waals surface area contributed by atoms with E-state index >= 15 is 0 Å². The Labute approximate surface area is 171 Å². The van der Waals surface area contributed by atoms with Crippen LogP contribution in [-0.2, 0) is 4.74 Å². The number of rotatable bonds is 6. The number of nitrogens with one attached hydrogen (secondary N) is 1. The number of ether oxygens (including phenoxy) is 1. The van der Waals surface area contributed by atoms with Gasteiger partial charge in [0.05, 0.1) is 13.2 Å². The highest BCUT2D eigenvalue weighted by Gasteiger charge is 2.23. The summed E-state index contributed by atoms with van der Waals surface area (Å²) < 4.78 is 5.38. The molecule has 1 N–H and O–H groups in total. The fourth-order valence-corrected chi connectivity index (χ4v) is 3.68.